The van der Waals surface area contributed by atoms with Crippen LogP contribution >= 0.6 is 0 Å². The summed E-state index contributed by atoms with van der Waals surface area (Å²) in [5.74, 6) is 1.02. The zero-order chi connectivity index (χ0) is 18.5. The lowest BCUT2D eigenvalue weighted by atomic mass is 9.91. The third-order valence-electron chi connectivity index (χ3n) is 5.60. The van der Waals surface area contributed by atoms with Crippen LogP contribution in [0.25, 0.3) is 5.69 Å². The van der Waals surface area contributed by atoms with Crippen molar-refractivity contribution < 1.29 is 4.79 Å². The first-order valence-corrected chi connectivity index (χ1v) is 9.79. The molecule has 1 saturated heterocycles. The maximum absolute atomic E-state index is 12.6. The average Bonchev–Trinajstić information content (AvgIpc) is 3.25. The van der Waals surface area contributed by atoms with E-state index in [1.807, 2.05) is 24.3 Å². The summed E-state index contributed by atoms with van der Waals surface area (Å²) >= 11 is 0. The number of allylic oxidation sites excluding steroid dienone is 2. The van der Waals surface area contributed by atoms with E-state index in [2.05, 4.69) is 37.9 Å². The van der Waals surface area contributed by atoms with Crippen LogP contribution in [0.3, 0.4) is 0 Å². The van der Waals surface area contributed by atoms with Gasteiger partial charge in [0, 0.05) is 18.2 Å². The second-order valence-electron chi connectivity index (χ2n) is 7.52. The maximum Gasteiger partial charge on any atom is 0.227 e. The Morgan fingerprint density at radius 2 is 1.93 bits per heavy atom. The minimum absolute atomic E-state index is 0.103. The van der Waals surface area contributed by atoms with Crippen molar-refractivity contribution >= 4 is 11.6 Å². The van der Waals surface area contributed by atoms with Gasteiger partial charge >= 0.3 is 0 Å². The molecule has 0 spiro atoms. The molecule has 7 nitrogen and oxygen atoms in total. The van der Waals surface area contributed by atoms with Gasteiger partial charge < -0.3 is 10.2 Å². The minimum Gasteiger partial charge on any atom is -0.326 e. The fourth-order valence-electron chi connectivity index (χ4n) is 3.99. The number of rotatable bonds is 5. The number of anilines is 1. The summed E-state index contributed by atoms with van der Waals surface area (Å²) in [7, 11) is 0. The number of benzene rings is 1. The molecule has 1 amide bonds. The molecule has 0 bridgehead atoms. The molecule has 0 unspecified atom stereocenters. The second kappa shape index (κ2) is 8.43. The lowest BCUT2D eigenvalue weighted by Crippen LogP contribution is -2.40. The number of carbonyl (C=O) groups excluding carboxylic acids is 1. The summed E-state index contributed by atoms with van der Waals surface area (Å²) in [4.78, 5) is 15.1. The summed E-state index contributed by atoms with van der Waals surface area (Å²) in [5, 5.41) is 14.2. The van der Waals surface area contributed by atoms with Gasteiger partial charge in [0.2, 0.25) is 5.91 Å². The fraction of sp³-hybridized carbons (Fsp3) is 0.500. The first kappa shape index (κ1) is 17.9. The van der Waals surface area contributed by atoms with Crippen LogP contribution in [0.5, 0.6) is 0 Å². The lowest BCUT2D eigenvalue weighted by molar-refractivity contribution is -0.121. The Bertz CT molecular complexity index is 762. The molecule has 2 heterocycles. The van der Waals surface area contributed by atoms with E-state index in [9.17, 15) is 4.79 Å². The number of hydrogen-bond donors (Lipinski definition) is 1. The molecule has 2 aromatic rings. The Labute approximate surface area is 159 Å². The summed E-state index contributed by atoms with van der Waals surface area (Å²) in [5.41, 5.74) is 1.68. The zero-order valence-corrected chi connectivity index (χ0v) is 15.5. The largest absolute Gasteiger partial charge is 0.326 e. The molecule has 7 heteroatoms. The van der Waals surface area contributed by atoms with Gasteiger partial charge in [-0.15, -0.1) is 5.10 Å². The van der Waals surface area contributed by atoms with Gasteiger partial charge in [0.25, 0.3) is 0 Å². The lowest BCUT2D eigenvalue weighted by Gasteiger charge is -2.34. The van der Waals surface area contributed by atoms with Gasteiger partial charge in [-0.05, 0) is 85.8 Å². The van der Waals surface area contributed by atoms with E-state index in [-0.39, 0.29) is 11.8 Å². The Morgan fingerprint density at radius 3 is 2.59 bits per heavy atom. The van der Waals surface area contributed by atoms with Crippen molar-refractivity contribution in [1.29, 1.82) is 0 Å². The third-order valence-corrected chi connectivity index (χ3v) is 5.60. The SMILES string of the molecule is O=C(Nc1ccc(-n2cnnn2)cc1)C1CCN(C[C@@H]2CC=CCC2)CC1. The molecular weight excluding hydrogens is 340 g/mol. The highest BCUT2D eigenvalue weighted by atomic mass is 16.1. The van der Waals surface area contributed by atoms with Crippen molar-refractivity contribution in [3.8, 4) is 5.69 Å². The van der Waals surface area contributed by atoms with Crippen LogP contribution in [-0.2, 0) is 4.79 Å². The van der Waals surface area contributed by atoms with Crippen LogP contribution < -0.4 is 5.32 Å². The van der Waals surface area contributed by atoms with E-state index in [4.69, 9.17) is 0 Å². The number of tetrazole rings is 1. The van der Waals surface area contributed by atoms with Crippen molar-refractivity contribution in [3.05, 3.63) is 42.7 Å². The van der Waals surface area contributed by atoms with E-state index < -0.39 is 0 Å². The van der Waals surface area contributed by atoms with Gasteiger partial charge in [0.05, 0.1) is 5.69 Å². The molecule has 1 aromatic carbocycles. The molecule has 142 valence electrons. The number of aromatic nitrogens is 4. The molecule has 1 aliphatic carbocycles. The molecule has 0 saturated carbocycles. The highest BCUT2D eigenvalue weighted by molar-refractivity contribution is 5.92. The van der Waals surface area contributed by atoms with Crippen LogP contribution in [0.1, 0.15) is 32.1 Å². The van der Waals surface area contributed by atoms with Crippen LogP contribution in [0.4, 0.5) is 5.69 Å². The Morgan fingerprint density at radius 1 is 1.11 bits per heavy atom. The van der Waals surface area contributed by atoms with Gasteiger partial charge in [-0.1, -0.05) is 12.2 Å². The van der Waals surface area contributed by atoms with Crippen molar-refractivity contribution in [1.82, 2.24) is 25.1 Å². The van der Waals surface area contributed by atoms with Gasteiger partial charge in [-0.2, -0.15) is 0 Å². The Balaban J connectivity index is 1.25. The van der Waals surface area contributed by atoms with Crippen LogP contribution in [0.15, 0.2) is 42.7 Å². The number of nitrogens with one attached hydrogen (secondary N) is 1. The summed E-state index contributed by atoms with van der Waals surface area (Å²) in [6.07, 6.45) is 11.8. The molecule has 27 heavy (non-hydrogen) atoms. The maximum atomic E-state index is 12.6. The van der Waals surface area contributed by atoms with E-state index in [1.54, 1.807) is 11.0 Å². The fourth-order valence-corrected chi connectivity index (χ4v) is 3.99. The molecule has 2 aliphatic rings. The molecule has 1 atom stereocenters. The predicted molar refractivity (Wildman–Crippen MR) is 103 cm³/mol. The summed E-state index contributed by atoms with van der Waals surface area (Å²) < 4.78 is 1.59. The molecule has 1 aromatic heterocycles. The van der Waals surface area contributed by atoms with Crippen LogP contribution in [-0.4, -0.2) is 50.6 Å². The molecular formula is C20H26N6O. The van der Waals surface area contributed by atoms with Gasteiger partial charge in [0.15, 0.2) is 0 Å². The molecule has 1 N–H and O–H groups in total. The smallest absolute Gasteiger partial charge is 0.227 e. The van der Waals surface area contributed by atoms with Crippen molar-refractivity contribution in [3.63, 3.8) is 0 Å². The molecule has 1 fully saturated rings. The highest BCUT2D eigenvalue weighted by Gasteiger charge is 2.26. The highest BCUT2D eigenvalue weighted by Crippen LogP contribution is 2.24. The summed E-state index contributed by atoms with van der Waals surface area (Å²) in [6, 6.07) is 7.57. The second-order valence-corrected chi connectivity index (χ2v) is 7.52. The minimum atomic E-state index is 0.103. The summed E-state index contributed by atoms with van der Waals surface area (Å²) in [6.45, 7) is 3.23. The number of piperidine rings is 1. The quantitative estimate of drug-likeness (QED) is 0.824. The Kier molecular flexibility index (Phi) is 5.58. The number of carbonyl (C=O) groups is 1. The number of amides is 1. The number of nitrogens with zero attached hydrogens (tertiary/aromatic N) is 5. The first-order valence-electron chi connectivity index (χ1n) is 9.79. The topological polar surface area (TPSA) is 75.9 Å². The normalized spacial score (nSPS) is 21.3. The van der Waals surface area contributed by atoms with Gasteiger partial charge in [0.1, 0.15) is 6.33 Å². The van der Waals surface area contributed by atoms with Gasteiger partial charge in [-0.3, -0.25) is 4.79 Å². The molecule has 4 rings (SSSR count). The van der Waals surface area contributed by atoms with Gasteiger partial charge in [-0.25, -0.2) is 4.68 Å². The molecule has 1 aliphatic heterocycles. The number of hydrogen-bond acceptors (Lipinski definition) is 5. The average molecular weight is 366 g/mol. The van der Waals surface area contributed by atoms with E-state index in [0.717, 1.165) is 43.2 Å². The standard InChI is InChI=1S/C20H26N6O/c27-20(22-18-6-8-19(9-7-18)26-15-21-23-24-26)17-10-12-25(13-11-17)14-16-4-2-1-3-5-16/h1-2,6-9,15-17H,3-5,10-14H2,(H,22,27)/t16-/m1/s1. The monoisotopic (exact) mass is 366 g/mol. The van der Waals surface area contributed by atoms with Crippen LogP contribution in [0, 0.1) is 11.8 Å². The first-order chi connectivity index (χ1) is 13.3. The molecule has 0 radical (unpaired) electrons. The van der Waals surface area contributed by atoms with E-state index in [1.165, 1.54) is 25.8 Å². The predicted octanol–water partition coefficient (Wildman–Crippen LogP) is 2.67. The third kappa shape index (κ3) is 4.60. The number of likely N-dealkylation sites (tertiary alicyclic amines) is 1. The van der Waals surface area contributed by atoms with Crippen LogP contribution in [0.2, 0.25) is 0 Å². The van der Waals surface area contributed by atoms with E-state index >= 15 is 0 Å². The Hall–Kier alpha value is -2.54. The van der Waals surface area contributed by atoms with E-state index in [0.29, 0.717) is 0 Å². The zero-order valence-electron chi connectivity index (χ0n) is 15.5. The van der Waals surface area contributed by atoms with Crippen molar-refractivity contribution in [2.45, 2.75) is 32.1 Å². The van der Waals surface area contributed by atoms with Crippen molar-refractivity contribution in [2.75, 3.05) is 25.0 Å². The van der Waals surface area contributed by atoms with Crippen molar-refractivity contribution in [2.24, 2.45) is 11.8 Å².